The normalized spacial score (nSPS) is 19.7. The van der Waals surface area contributed by atoms with Crippen LogP contribution in [-0.4, -0.2) is 62.1 Å². The van der Waals surface area contributed by atoms with Gasteiger partial charge in [-0.1, -0.05) is 11.6 Å². The molecule has 2 fully saturated rings. The second-order valence-corrected chi connectivity index (χ2v) is 7.08. The highest BCUT2D eigenvalue weighted by Gasteiger charge is 2.30. The summed E-state index contributed by atoms with van der Waals surface area (Å²) in [5.74, 6) is 0.264. The zero-order valence-electron chi connectivity index (χ0n) is 15.4. The van der Waals surface area contributed by atoms with Crippen molar-refractivity contribution in [2.75, 3.05) is 38.2 Å². The number of urea groups is 1. The van der Waals surface area contributed by atoms with E-state index in [9.17, 15) is 14.4 Å². The number of nitrogens with one attached hydrogen (secondary N) is 2. The first-order chi connectivity index (χ1) is 12.9. The van der Waals surface area contributed by atoms with Crippen LogP contribution in [-0.2, 0) is 9.59 Å². The van der Waals surface area contributed by atoms with Crippen LogP contribution in [0.2, 0.25) is 5.02 Å². The van der Waals surface area contributed by atoms with Gasteiger partial charge in [0.05, 0.1) is 12.1 Å². The van der Waals surface area contributed by atoms with Crippen LogP contribution in [0.3, 0.4) is 0 Å². The fourth-order valence-electron chi connectivity index (χ4n) is 3.35. The minimum Gasteiger partial charge on any atom is -0.495 e. The maximum atomic E-state index is 12.4. The Morgan fingerprint density at radius 2 is 1.96 bits per heavy atom. The molecule has 1 atom stereocenters. The van der Waals surface area contributed by atoms with Gasteiger partial charge in [0.1, 0.15) is 11.8 Å². The van der Waals surface area contributed by atoms with Crippen molar-refractivity contribution in [3.05, 3.63) is 22.7 Å². The highest BCUT2D eigenvalue weighted by molar-refractivity contribution is 6.32. The summed E-state index contributed by atoms with van der Waals surface area (Å²) in [4.78, 5) is 39.0. The van der Waals surface area contributed by atoms with Gasteiger partial charge in [-0.25, -0.2) is 4.79 Å². The first-order valence-corrected chi connectivity index (χ1v) is 9.25. The van der Waals surface area contributed by atoms with E-state index in [1.54, 1.807) is 12.0 Å². The van der Waals surface area contributed by atoms with Crippen LogP contribution in [0.25, 0.3) is 0 Å². The molecule has 1 aromatic rings. The number of halogens is 1. The molecule has 0 aliphatic carbocycles. The fraction of sp³-hybridized carbons (Fsp3) is 0.500. The largest absolute Gasteiger partial charge is 0.495 e. The van der Waals surface area contributed by atoms with Crippen LogP contribution in [0, 0.1) is 6.92 Å². The monoisotopic (exact) mass is 394 g/mol. The second kappa shape index (κ2) is 8.04. The van der Waals surface area contributed by atoms with Crippen molar-refractivity contribution in [3.8, 4) is 5.75 Å². The highest BCUT2D eigenvalue weighted by Crippen LogP contribution is 2.33. The number of nitrogens with zero attached hydrogens (tertiary/aromatic N) is 2. The van der Waals surface area contributed by atoms with Gasteiger partial charge in [-0.15, -0.1) is 0 Å². The van der Waals surface area contributed by atoms with Gasteiger partial charge in [-0.3, -0.25) is 14.9 Å². The number of ether oxygens (including phenoxy) is 1. The third-order valence-corrected chi connectivity index (χ3v) is 5.41. The number of carbonyl (C=O) groups is 3. The Hall–Kier alpha value is -2.48. The van der Waals surface area contributed by atoms with Crippen LogP contribution in [0.1, 0.15) is 18.4 Å². The van der Waals surface area contributed by atoms with Gasteiger partial charge in [0.25, 0.3) is 5.91 Å². The van der Waals surface area contributed by atoms with Crippen molar-refractivity contribution >= 4 is 35.1 Å². The SMILES string of the molecule is COc1cc(N2CCN(C(=O)CCC3NC(=O)NC3=O)CC2)cc(C)c1Cl. The lowest BCUT2D eigenvalue weighted by Gasteiger charge is -2.36. The van der Waals surface area contributed by atoms with Gasteiger partial charge in [-0.2, -0.15) is 0 Å². The predicted octanol–water partition coefficient (Wildman–Crippen LogP) is 1.29. The molecule has 1 aromatic carbocycles. The molecule has 2 aliphatic rings. The number of rotatable bonds is 5. The number of piperazine rings is 1. The Morgan fingerprint density at radius 1 is 1.26 bits per heavy atom. The molecule has 2 heterocycles. The summed E-state index contributed by atoms with van der Waals surface area (Å²) in [5, 5.41) is 5.29. The van der Waals surface area contributed by atoms with Crippen LogP contribution >= 0.6 is 11.6 Å². The Bertz CT molecular complexity index is 762. The molecule has 8 nitrogen and oxygen atoms in total. The number of methoxy groups -OCH3 is 1. The van der Waals surface area contributed by atoms with Gasteiger partial charge in [0, 0.05) is 44.4 Å². The summed E-state index contributed by atoms with van der Waals surface area (Å²) in [5.41, 5.74) is 1.97. The number of imide groups is 1. The minimum atomic E-state index is -0.618. The summed E-state index contributed by atoms with van der Waals surface area (Å²) in [6.07, 6.45) is 0.538. The fourth-order valence-corrected chi connectivity index (χ4v) is 3.54. The second-order valence-electron chi connectivity index (χ2n) is 6.70. The van der Waals surface area contributed by atoms with Crippen LogP contribution in [0.15, 0.2) is 12.1 Å². The Kier molecular flexibility index (Phi) is 5.74. The van der Waals surface area contributed by atoms with Crippen molar-refractivity contribution in [3.63, 3.8) is 0 Å². The van der Waals surface area contributed by atoms with Crippen LogP contribution in [0.5, 0.6) is 5.75 Å². The zero-order chi connectivity index (χ0) is 19.6. The quantitative estimate of drug-likeness (QED) is 0.734. The molecule has 0 spiro atoms. The average molecular weight is 395 g/mol. The number of hydrogen-bond donors (Lipinski definition) is 2. The molecule has 0 saturated carbocycles. The smallest absolute Gasteiger partial charge is 0.322 e. The Morgan fingerprint density at radius 3 is 2.56 bits per heavy atom. The van der Waals surface area contributed by atoms with E-state index >= 15 is 0 Å². The van der Waals surface area contributed by atoms with Crippen LogP contribution in [0.4, 0.5) is 10.5 Å². The molecule has 146 valence electrons. The first kappa shape index (κ1) is 19.3. The summed E-state index contributed by atoms with van der Waals surface area (Å²) < 4.78 is 5.33. The van der Waals surface area contributed by atoms with E-state index in [4.69, 9.17) is 16.3 Å². The number of benzene rings is 1. The molecule has 9 heteroatoms. The van der Waals surface area contributed by atoms with E-state index in [1.807, 2.05) is 19.1 Å². The van der Waals surface area contributed by atoms with Crippen molar-refractivity contribution in [1.29, 1.82) is 0 Å². The van der Waals surface area contributed by atoms with E-state index in [0.717, 1.165) is 11.3 Å². The standard InChI is InChI=1S/C18H23ClN4O4/c1-11-9-12(10-14(27-2)16(11)19)22-5-7-23(8-6-22)15(24)4-3-13-17(25)21-18(26)20-13/h9-10,13H,3-8H2,1-2H3,(H2,20,21,25,26). The van der Waals surface area contributed by atoms with E-state index in [2.05, 4.69) is 15.5 Å². The lowest BCUT2D eigenvalue weighted by Crippen LogP contribution is -2.49. The number of hydrogen-bond acceptors (Lipinski definition) is 5. The lowest BCUT2D eigenvalue weighted by molar-refractivity contribution is -0.131. The molecule has 1 unspecified atom stereocenters. The van der Waals surface area contributed by atoms with E-state index in [0.29, 0.717) is 43.4 Å². The maximum absolute atomic E-state index is 12.4. The van der Waals surface area contributed by atoms with Crippen molar-refractivity contribution in [2.45, 2.75) is 25.8 Å². The van der Waals surface area contributed by atoms with Crippen molar-refractivity contribution < 1.29 is 19.1 Å². The van der Waals surface area contributed by atoms with Gasteiger partial charge >= 0.3 is 6.03 Å². The Labute approximate surface area is 162 Å². The highest BCUT2D eigenvalue weighted by atomic mass is 35.5. The molecule has 27 heavy (non-hydrogen) atoms. The zero-order valence-corrected chi connectivity index (χ0v) is 16.1. The summed E-state index contributed by atoms with van der Waals surface area (Å²) in [7, 11) is 1.59. The lowest BCUT2D eigenvalue weighted by atomic mass is 10.1. The molecule has 2 N–H and O–H groups in total. The number of anilines is 1. The molecule has 3 rings (SSSR count). The first-order valence-electron chi connectivity index (χ1n) is 8.87. The predicted molar refractivity (Wildman–Crippen MR) is 101 cm³/mol. The van der Waals surface area contributed by atoms with Crippen molar-refractivity contribution in [2.24, 2.45) is 0 Å². The third-order valence-electron chi connectivity index (χ3n) is 4.93. The molecule has 2 aliphatic heterocycles. The third kappa shape index (κ3) is 4.27. The number of aryl methyl sites for hydroxylation is 1. The van der Waals surface area contributed by atoms with Gasteiger partial charge in [0.15, 0.2) is 0 Å². The van der Waals surface area contributed by atoms with Gasteiger partial charge in [0.2, 0.25) is 5.91 Å². The van der Waals surface area contributed by atoms with E-state index in [-0.39, 0.29) is 18.2 Å². The molecule has 2 saturated heterocycles. The molecule has 0 bridgehead atoms. The van der Waals surface area contributed by atoms with Crippen LogP contribution < -0.4 is 20.3 Å². The Balaban J connectivity index is 1.53. The van der Waals surface area contributed by atoms with E-state index < -0.39 is 12.1 Å². The molecule has 0 radical (unpaired) electrons. The molecular weight excluding hydrogens is 372 g/mol. The summed E-state index contributed by atoms with van der Waals surface area (Å²) in [6.45, 7) is 4.55. The number of amides is 4. The summed E-state index contributed by atoms with van der Waals surface area (Å²) >= 11 is 6.23. The van der Waals surface area contributed by atoms with Gasteiger partial charge in [-0.05, 0) is 25.0 Å². The van der Waals surface area contributed by atoms with Gasteiger partial charge < -0.3 is 19.9 Å². The minimum absolute atomic E-state index is 0.00605. The van der Waals surface area contributed by atoms with Crippen molar-refractivity contribution in [1.82, 2.24) is 15.5 Å². The average Bonchev–Trinajstić information content (AvgIpc) is 2.99. The molecule has 0 aromatic heterocycles. The molecule has 4 amide bonds. The van der Waals surface area contributed by atoms with E-state index in [1.165, 1.54) is 0 Å². The maximum Gasteiger partial charge on any atom is 0.322 e. The topological polar surface area (TPSA) is 91.0 Å². The number of carbonyl (C=O) groups excluding carboxylic acids is 3. The summed E-state index contributed by atoms with van der Waals surface area (Å²) in [6, 6.07) is 2.81. The molecular formula is C18H23ClN4O4.